The number of benzene rings is 1. The van der Waals surface area contributed by atoms with Gasteiger partial charge in [0.05, 0.1) is 12.7 Å². The molecule has 1 aromatic carbocycles. The van der Waals surface area contributed by atoms with Crippen LogP contribution < -0.4 is 4.74 Å². The Morgan fingerprint density at radius 3 is 2.33 bits per heavy atom. The smallest absolute Gasteiger partial charge is 0.201 e. The lowest BCUT2D eigenvalue weighted by Gasteiger charge is -2.08. The lowest BCUT2D eigenvalue weighted by Crippen LogP contribution is -2.11. The third kappa shape index (κ3) is 2.14. The largest absolute Gasteiger partial charge is 0.494 e. The molecule has 2 nitrogen and oxygen atoms in total. The van der Waals surface area contributed by atoms with Gasteiger partial charge in [0.15, 0.2) is 17.3 Å². The number of carbonyl (C=O) groups excluding carboxylic acids is 1. The van der Waals surface area contributed by atoms with Crippen molar-refractivity contribution < 1.29 is 18.3 Å². The van der Waals surface area contributed by atoms with Crippen molar-refractivity contribution >= 4 is 5.78 Å². The maximum Gasteiger partial charge on any atom is 0.201 e. The Hall–Kier alpha value is -1.45. The lowest BCUT2D eigenvalue weighted by atomic mass is 10.0. The molecule has 82 valence electrons. The molecule has 1 aromatic rings. The molecule has 0 radical (unpaired) electrons. The van der Waals surface area contributed by atoms with Crippen LogP contribution in [-0.4, -0.2) is 12.9 Å². The molecule has 0 bridgehead atoms. The summed E-state index contributed by atoms with van der Waals surface area (Å²) >= 11 is 0. The van der Waals surface area contributed by atoms with Crippen LogP contribution >= 0.6 is 0 Å². The molecule has 0 aliphatic carbocycles. The Morgan fingerprint density at radius 1 is 1.27 bits per heavy atom. The van der Waals surface area contributed by atoms with Crippen LogP contribution in [0.1, 0.15) is 24.2 Å². The first-order chi connectivity index (χ1) is 6.99. The van der Waals surface area contributed by atoms with Crippen LogP contribution in [0.4, 0.5) is 8.78 Å². The first-order valence-electron chi connectivity index (χ1n) is 4.55. The van der Waals surface area contributed by atoms with Gasteiger partial charge in [-0.3, -0.25) is 4.79 Å². The normalized spacial score (nSPS) is 10.5. The fourth-order valence-electron chi connectivity index (χ4n) is 1.19. The van der Waals surface area contributed by atoms with Crippen molar-refractivity contribution in [2.75, 3.05) is 7.11 Å². The number of hydrogen-bond donors (Lipinski definition) is 0. The van der Waals surface area contributed by atoms with Crippen molar-refractivity contribution in [1.29, 1.82) is 0 Å². The predicted molar refractivity (Wildman–Crippen MR) is 52.1 cm³/mol. The van der Waals surface area contributed by atoms with Gasteiger partial charge in [-0.1, -0.05) is 13.8 Å². The second-order valence-corrected chi connectivity index (χ2v) is 3.46. The first kappa shape index (κ1) is 11.6. The fourth-order valence-corrected chi connectivity index (χ4v) is 1.19. The molecule has 0 saturated carbocycles. The van der Waals surface area contributed by atoms with Crippen LogP contribution in [0.15, 0.2) is 12.1 Å². The summed E-state index contributed by atoms with van der Waals surface area (Å²) in [7, 11) is 1.24. The van der Waals surface area contributed by atoms with E-state index in [0.717, 1.165) is 0 Å². The zero-order valence-corrected chi connectivity index (χ0v) is 8.80. The van der Waals surface area contributed by atoms with E-state index in [9.17, 15) is 13.6 Å². The zero-order chi connectivity index (χ0) is 11.6. The number of ether oxygens (including phenoxy) is 1. The molecule has 0 heterocycles. The van der Waals surface area contributed by atoms with E-state index in [1.165, 1.54) is 19.2 Å². The van der Waals surface area contributed by atoms with Gasteiger partial charge in [-0.15, -0.1) is 0 Å². The molecule has 0 unspecified atom stereocenters. The average Bonchev–Trinajstić information content (AvgIpc) is 2.21. The highest BCUT2D eigenvalue weighted by molar-refractivity contribution is 5.97. The van der Waals surface area contributed by atoms with E-state index in [2.05, 4.69) is 4.74 Å². The van der Waals surface area contributed by atoms with E-state index in [-0.39, 0.29) is 17.2 Å². The number of carbonyl (C=O) groups is 1. The van der Waals surface area contributed by atoms with E-state index in [0.29, 0.717) is 0 Å². The molecule has 0 N–H and O–H groups in total. The van der Waals surface area contributed by atoms with Crippen LogP contribution in [-0.2, 0) is 0 Å². The van der Waals surface area contributed by atoms with E-state index in [4.69, 9.17) is 0 Å². The van der Waals surface area contributed by atoms with E-state index < -0.39 is 17.4 Å². The van der Waals surface area contributed by atoms with Crippen molar-refractivity contribution in [3.63, 3.8) is 0 Å². The number of halogens is 2. The molecule has 0 aliphatic heterocycles. The number of methoxy groups -OCH3 is 1. The Labute approximate surface area is 86.9 Å². The minimum absolute atomic E-state index is 0.201. The summed E-state index contributed by atoms with van der Waals surface area (Å²) in [6.07, 6.45) is 0. The summed E-state index contributed by atoms with van der Waals surface area (Å²) < 4.78 is 31.2. The van der Waals surface area contributed by atoms with Crippen molar-refractivity contribution in [2.24, 2.45) is 5.92 Å². The first-order valence-corrected chi connectivity index (χ1v) is 4.55. The van der Waals surface area contributed by atoms with Gasteiger partial charge in [0.2, 0.25) is 5.82 Å². The minimum atomic E-state index is -1.15. The highest BCUT2D eigenvalue weighted by Crippen LogP contribution is 2.23. The number of Topliss-reactive ketones (excluding diaryl/α,β-unsaturated/α-hetero) is 1. The molecule has 0 aliphatic rings. The average molecular weight is 214 g/mol. The topological polar surface area (TPSA) is 26.3 Å². The van der Waals surface area contributed by atoms with Crippen LogP contribution in [0, 0.1) is 17.6 Å². The van der Waals surface area contributed by atoms with Crippen LogP contribution in [0.25, 0.3) is 0 Å². The third-order valence-electron chi connectivity index (χ3n) is 2.06. The van der Waals surface area contributed by atoms with E-state index in [1.54, 1.807) is 13.8 Å². The van der Waals surface area contributed by atoms with Crippen molar-refractivity contribution in [2.45, 2.75) is 13.8 Å². The number of rotatable bonds is 3. The molecule has 0 saturated heterocycles. The molecule has 0 spiro atoms. The summed E-state index contributed by atoms with van der Waals surface area (Å²) in [6.45, 7) is 3.26. The summed E-state index contributed by atoms with van der Waals surface area (Å²) in [5.41, 5.74) is -0.233. The zero-order valence-electron chi connectivity index (χ0n) is 8.80. The van der Waals surface area contributed by atoms with Crippen LogP contribution in [0.3, 0.4) is 0 Å². The SMILES string of the molecule is COc1ccc(C(=O)C(C)C)c(F)c1F. The fraction of sp³-hybridized carbons (Fsp3) is 0.364. The summed E-state index contributed by atoms with van der Waals surface area (Å²) in [6, 6.07) is 2.48. The number of ketones is 1. The van der Waals surface area contributed by atoms with E-state index >= 15 is 0 Å². The van der Waals surface area contributed by atoms with Gasteiger partial charge >= 0.3 is 0 Å². The molecule has 4 heteroatoms. The lowest BCUT2D eigenvalue weighted by molar-refractivity contribution is 0.0934. The minimum Gasteiger partial charge on any atom is -0.494 e. The molecule has 0 fully saturated rings. The van der Waals surface area contributed by atoms with E-state index in [1.807, 2.05) is 0 Å². The quantitative estimate of drug-likeness (QED) is 0.723. The Kier molecular flexibility index (Phi) is 3.39. The Morgan fingerprint density at radius 2 is 1.87 bits per heavy atom. The summed E-state index contributed by atoms with van der Waals surface area (Å²) in [5.74, 6) is -3.26. The highest BCUT2D eigenvalue weighted by atomic mass is 19.2. The third-order valence-corrected chi connectivity index (χ3v) is 2.06. The predicted octanol–water partition coefficient (Wildman–Crippen LogP) is 2.81. The molecule has 1 rings (SSSR count). The highest BCUT2D eigenvalue weighted by Gasteiger charge is 2.20. The van der Waals surface area contributed by atoms with Gasteiger partial charge < -0.3 is 4.74 Å². The van der Waals surface area contributed by atoms with Crippen molar-refractivity contribution in [3.8, 4) is 5.75 Å². The Bertz CT molecular complexity index is 386. The van der Waals surface area contributed by atoms with Crippen LogP contribution in [0.5, 0.6) is 5.75 Å². The van der Waals surface area contributed by atoms with Crippen molar-refractivity contribution in [1.82, 2.24) is 0 Å². The standard InChI is InChI=1S/C11H12F2O2/c1-6(2)11(14)7-4-5-8(15-3)10(13)9(7)12/h4-6H,1-3H3. The molecule has 0 aromatic heterocycles. The second kappa shape index (κ2) is 4.38. The van der Waals surface area contributed by atoms with Gasteiger partial charge in [-0.05, 0) is 12.1 Å². The Balaban J connectivity index is 3.23. The van der Waals surface area contributed by atoms with Gasteiger partial charge in [0.25, 0.3) is 0 Å². The molecular weight excluding hydrogens is 202 g/mol. The van der Waals surface area contributed by atoms with Gasteiger partial charge in [0, 0.05) is 5.92 Å². The second-order valence-electron chi connectivity index (χ2n) is 3.46. The van der Waals surface area contributed by atoms with Crippen LogP contribution in [0.2, 0.25) is 0 Å². The monoisotopic (exact) mass is 214 g/mol. The van der Waals surface area contributed by atoms with Gasteiger partial charge in [-0.2, -0.15) is 4.39 Å². The van der Waals surface area contributed by atoms with Gasteiger partial charge in [0.1, 0.15) is 0 Å². The summed E-state index contributed by atoms with van der Waals surface area (Å²) in [5, 5.41) is 0. The molecule has 0 atom stereocenters. The molecular formula is C11H12F2O2. The van der Waals surface area contributed by atoms with Crippen molar-refractivity contribution in [3.05, 3.63) is 29.3 Å². The molecule has 15 heavy (non-hydrogen) atoms. The maximum absolute atomic E-state index is 13.4. The maximum atomic E-state index is 13.4. The molecule has 0 amide bonds. The van der Waals surface area contributed by atoms with Gasteiger partial charge in [-0.25, -0.2) is 4.39 Å². The number of hydrogen-bond acceptors (Lipinski definition) is 2. The summed E-state index contributed by atoms with van der Waals surface area (Å²) in [4.78, 5) is 11.5.